The molecular formula is C21H26N4O. The maximum atomic E-state index is 12.6. The third-order valence-corrected chi connectivity index (χ3v) is 5.26. The first-order valence-corrected chi connectivity index (χ1v) is 9.61. The summed E-state index contributed by atoms with van der Waals surface area (Å²) >= 11 is 0. The van der Waals surface area contributed by atoms with Gasteiger partial charge in [0.05, 0.1) is 11.3 Å². The zero-order valence-electron chi connectivity index (χ0n) is 15.5. The Morgan fingerprint density at radius 1 is 1.04 bits per heavy atom. The van der Waals surface area contributed by atoms with Crippen molar-refractivity contribution in [2.45, 2.75) is 39.5 Å². The van der Waals surface area contributed by atoms with Gasteiger partial charge >= 0.3 is 0 Å². The van der Waals surface area contributed by atoms with Crippen molar-refractivity contribution in [2.24, 2.45) is 11.8 Å². The highest BCUT2D eigenvalue weighted by Gasteiger charge is 2.28. The van der Waals surface area contributed by atoms with Crippen LogP contribution >= 0.6 is 0 Å². The molecule has 2 unspecified atom stereocenters. The maximum absolute atomic E-state index is 12.6. The van der Waals surface area contributed by atoms with Crippen LogP contribution in [-0.2, 0) is 6.42 Å². The van der Waals surface area contributed by atoms with E-state index in [9.17, 15) is 4.79 Å². The fraction of sp³-hybridized carbons (Fsp3) is 0.476. The number of piperidine rings is 1. The first kappa shape index (κ1) is 17.0. The molecule has 2 heterocycles. The Balaban J connectivity index is 1.74. The van der Waals surface area contributed by atoms with E-state index in [2.05, 4.69) is 24.1 Å². The van der Waals surface area contributed by atoms with Crippen LogP contribution in [0, 0.1) is 11.8 Å². The monoisotopic (exact) mass is 350 g/mol. The second-order valence-electron chi connectivity index (χ2n) is 7.81. The third kappa shape index (κ3) is 3.43. The summed E-state index contributed by atoms with van der Waals surface area (Å²) in [6.45, 7) is 6.52. The van der Waals surface area contributed by atoms with E-state index in [1.165, 1.54) is 6.42 Å². The van der Waals surface area contributed by atoms with E-state index in [0.717, 1.165) is 43.3 Å². The molecule has 1 aromatic heterocycles. The SMILES string of the molecule is CC1CC(C)CN(c2nc3c(c(Nc4ccccc4)n2)C(=O)CCC3)C1. The second-order valence-corrected chi connectivity index (χ2v) is 7.81. The van der Waals surface area contributed by atoms with Gasteiger partial charge in [0.15, 0.2) is 5.78 Å². The molecule has 1 saturated heterocycles. The van der Waals surface area contributed by atoms with E-state index < -0.39 is 0 Å². The van der Waals surface area contributed by atoms with Crippen molar-refractivity contribution in [3.8, 4) is 0 Å². The average Bonchev–Trinajstić information content (AvgIpc) is 2.61. The minimum absolute atomic E-state index is 0.150. The highest BCUT2D eigenvalue weighted by molar-refractivity contribution is 6.03. The van der Waals surface area contributed by atoms with Gasteiger partial charge in [0.2, 0.25) is 5.95 Å². The van der Waals surface area contributed by atoms with Crippen molar-refractivity contribution in [1.82, 2.24) is 9.97 Å². The zero-order valence-corrected chi connectivity index (χ0v) is 15.5. The fourth-order valence-electron chi connectivity index (χ4n) is 4.23. The first-order valence-electron chi connectivity index (χ1n) is 9.61. The molecule has 0 amide bonds. The van der Waals surface area contributed by atoms with Gasteiger partial charge in [-0.25, -0.2) is 4.98 Å². The van der Waals surface area contributed by atoms with Crippen LogP contribution in [0.1, 0.15) is 49.2 Å². The molecule has 2 aromatic rings. The molecular weight excluding hydrogens is 324 g/mol. The number of rotatable bonds is 3. The lowest BCUT2D eigenvalue weighted by Crippen LogP contribution is -2.40. The van der Waals surface area contributed by atoms with Crippen molar-refractivity contribution in [3.63, 3.8) is 0 Å². The van der Waals surface area contributed by atoms with Crippen LogP contribution in [0.3, 0.4) is 0 Å². The molecule has 4 rings (SSSR count). The van der Waals surface area contributed by atoms with Crippen LogP contribution < -0.4 is 10.2 Å². The Labute approximate surface area is 154 Å². The van der Waals surface area contributed by atoms with Crippen molar-refractivity contribution < 1.29 is 4.79 Å². The molecule has 1 fully saturated rings. The van der Waals surface area contributed by atoms with Gasteiger partial charge in [0, 0.05) is 25.2 Å². The van der Waals surface area contributed by atoms with Crippen LogP contribution in [0.25, 0.3) is 0 Å². The molecule has 0 bridgehead atoms. The summed E-state index contributed by atoms with van der Waals surface area (Å²) in [5, 5.41) is 3.37. The van der Waals surface area contributed by atoms with E-state index in [4.69, 9.17) is 9.97 Å². The van der Waals surface area contributed by atoms with Crippen LogP contribution in [0.5, 0.6) is 0 Å². The Morgan fingerprint density at radius 2 is 1.77 bits per heavy atom. The Hall–Kier alpha value is -2.43. The molecule has 0 saturated carbocycles. The molecule has 0 radical (unpaired) electrons. The number of nitrogens with zero attached hydrogens (tertiary/aromatic N) is 3. The largest absolute Gasteiger partial charge is 0.340 e. The fourth-order valence-corrected chi connectivity index (χ4v) is 4.23. The van der Waals surface area contributed by atoms with Crippen LogP contribution in [0.4, 0.5) is 17.5 Å². The Morgan fingerprint density at radius 3 is 2.50 bits per heavy atom. The number of hydrogen-bond donors (Lipinski definition) is 1. The summed E-state index contributed by atoms with van der Waals surface area (Å²) in [7, 11) is 0. The van der Waals surface area contributed by atoms with E-state index in [1.54, 1.807) is 0 Å². The normalized spacial score (nSPS) is 22.8. The molecule has 5 nitrogen and oxygen atoms in total. The average molecular weight is 350 g/mol. The van der Waals surface area contributed by atoms with Gasteiger partial charge in [-0.2, -0.15) is 4.98 Å². The summed E-state index contributed by atoms with van der Waals surface area (Å²) < 4.78 is 0. The minimum Gasteiger partial charge on any atom is -0.340 e. The van der Waals surface area contributed by atoms with Gasteiger partial charge in [-0.05, 0) is 43.2 Å². The molecule has 136 valence electrons. The predicted molar refractivity (Wildman–Crippen MR) is 104 cm³/mol. The van der Waals surface area contributed by atoms with Crippen molar-refractivity contribution >= 4 is 23.2 Å². The van der Waals surface area contributed by atoms with E-state index in [0.29, 0.717) is 29.6 Å². The summed E-state index contributed by atoms with van der Waals surface area (Å²) in [5.41, 5.74) is 2.52. The molecule has 0 spiro atoms. The summed E-state index contributed by atoms with van der Waals surface area (Å²) in [5.74, 6) is 2.83. The van der Waals surface area contributed by atoms with Gasteiger partial charge in [-0.1, -0.05) is 32.0 Å². The number of ketones is 1. The smallest absolute Gasteiger partial charge is 0.227 e. The molecule has 26 heavy (non-hydrogen) atoms. The molecule has 2 aliphatic rings. The highest BCUT2D eigenvalue weighted by Crippen LogP contribution is 2.31. The topological polar surface area (TPSA) is 58.1 Å². The molecule has 1 aliphatic heterocycles. The lowest BCUT2D eigenvalue weighted by Gasteiger charge is -2.35. The quantitative estimate of drug-likeness (QED) is 0.898. The van der Waals surface area contributed by atoms with Crippen molar-refractivity contribution in [2.75, 3.05) is 23.3 Å². The molecule has 1 N–H and O–H groups in total. The number of benzene rings is 1. The predicted octanol–water partition coefficient (Wildman–Crippen LogP) is 4.22. The van der Waals surface area contributed by atoms with Crippen molar-refractivity contribution in [3.05, 3.63) is 41.6 Å². The lowest BCUT2D eigenvalue weighted by molar-refractivity contribution is 0.0972. The number of aromatic nitrogens is 2. The molecule has 2 atom stereocenters. The van der Waals surface area contributed by atoms with Gasteiger partial charge < -0.3 is 10.2 Å². The molecule has 1 aromatic carbocycles. The van der Waals surface area contributed by atoms with Crippen molar-refractivity contribution in [1.29, 1.82) is 0 Å². The Kier molecular flexibility index (Phi) is 4.62. The lowest BCUT2D eigenvalue weighted by atomic mass is 9.92. The van der Waals surface area contributed by atoms with Gasteiger partial charge in [-0.3, -0.25) is 4.79 Å². The number of carbonyl (C=O) groups excluding carboxylic acids is 1. The van der Waals surface area contributed by atoms with Gasteiger partial charge in [0.25, 0.3) is 0 Å². The van der Waals surface area contributed by atoms with E-state index in [-0.39, 0.29) is 5.78 Å². The summed E-state index contributed by atoms with van der Waals surface area (Å²) in [6.07, 6.45) is 3.55. The highest BCUT2D eigenvalue weighted by atomic mass is 16.1. The number of Topliss-reactive ketones (excluding diaryl/α,β-unsaturated/α-hetero) is 1. The van der Waals surface area contributed by atoms with Crippen LogP contribution in [-0.4, -0.2) is 28.8 Å². The number of anilines is 3. The number of para-hydroxylation sites is 1. The zero-order chi connectivity index (χ0) is 18.1. The number of nitrogens with one attached hydrogen (secondary N) is 1. The number of aryl methyl sites for hydroxylation is 1. The maximum Gasteiger partial charge on any atom is 0.227 e. The van der Waals surface area contributed by atoms with Crippen LogP contribution in [0.2, 0.25) is 0 Å². The number of fused-ring (bicyclic) bond motifs is 1. The molecule has 1 aliphatic carbocycles. The van der Waals surface area contributed by atoms with E-state index >= 15 is 0 Å². The number of hydrogen-bond acceptors (Lipinski definition) is 5. The van der Waals surface area contributed by atoms with Gasteiger partial charge in [-0.15, -0.1) is 0 Å². The number of carbonyl (C=O) groups is 1. The third-order valence-electron chi connectivity index (χ3n) is 5.26. The van der Waals surface area contributed by atoms with Gasteiger partial charge in [0.1, 0.15) is 5.82 Å². The van der Waals surface area contributed by atoms with E-state index in [1.807, 2.05) is 30.3 Å². The Bertz CT molecular complexity index is 795. The summed E-state index contributed by atoms with van der Waals surface area (Å²) in [4.78, 5) is 24.5. The minimum atomic E-state index is 0.150. The second kappa shape index (κ2) is 7.06. The summed E-state index contributed by atoms with van der Waals surface area (Å²) in [6, 6.07) is 9.92. The standard InChI is InChI=1S/C21H26N4O/c1-14-11-15(2)13-25(12-14)21-23-17-9-6-10-18(26)19(17)20(24-21)22-16-7-4-3-5-8-16/h3-5,7-8,14-15H,6,9-13H2,1-2H3,(H,22,23,24). The molecule has 5 heteroatoms. The van der Waals surface area contributed by atoms with Crippen LogP contribution in [0.15, 0.2) is 30.3 Å². The first-order chi connectivity index (χ1) is 12.6.